The first kappa shape index (κ1) is 12.1. The molecule has 0 bridgehead atoms. The van der Waals surface area contributed by atoms with Gasteiger partial charge in [-0.1, -0.05) is 6.07 Å². The van der Waals surface area contributed by atoms with E-state index in [-0.39, 0.29) is 6.61 Å². The maximum Gasteiger partial charge on any atom is 0.198 e. The number of aliphatic hydroxyl groups excluding tert-OH is 2. The minimum Gasteiger partial charge on any atom is -0.393 e. The Morgan fingerprint density at radius 3 is 2.60 bits per heavy atom. The molecule has 0 radical (unpaired) electrons. The first-order valence-electron chi connectivity index (χ1n) is 4.52. The van der Waals surface area contributed by atoms with E-state index in [4.69, 9.17) is 5.11 Å². The molecule has 0 amide bonds. The summed E-state index contributed by atoms with van der Waals surface area (Å²) >= 11 is 0. The summed E-state index contributed by atoms with van der Waals surface area (Å²) in [5.41, 5.74) is -0.476. The molecule has 1 aromatic rings. The van der Waals surface area contributed by atoms with E-state index >= 15 is 0 Å². The van der Waals surface area contributed by atoms with Gasteiger partial charge in [-0.2, -0.15) is 0 Å². The van der Waals surface area contributed by atoms with Gasteiger partial charge in [0.2, 0.25) is 0 Å². The number of ether oxygens (including phenoxy) is 1. The highest BCUT2D eigenvalue weighted by Gasteiger charge is 2.22. The summed E-state index contributed by atoms with van der Waals surface area (Å²) in [5, 5.41) is 27.9. The fourth-order valence-electron chi connectivity index (χ4n) is 1.08. The molecular weight excluding hydrogens is 198 g/mol. The van der Waals surface area contributed by atoms with Crippen LogP contribution in [0.1, 0.15) is 24.5 Å². The fourth-order valence-corrected chi connectivity index (χ4v) is 1.08. The molecule has 5 heteroatoms. The van der Waals surface area contributed by atoms with Gasteiger partial charge < -0.3 is 20.1 Å². The van der Waals surface area contributed by atoms with Crippen molar-refractivity contribution < 1.29 is 20.1 Å². The number of nitrogens with zero attached hydrogens (tertiary/aromatic N) is 1. The van der Waals surface area contributed by atoms with E-state index in [9.17, 15) is 10.2 Å². The van der Waals surface area contributed by atoms with E-state index in [0.717, 1.165) is 0 Å². The SMILES string of the molecule is COC(O)c1ccc(C(C)(O)CO)cn1. The number of hydrogen-bond donors (Lipinski definition) is 3. The van der Waals surface area contributed by atoms with Crippen LogP contribution in [0.5, 0.6) is 0 Å². The summed E-state index contributed by atoms with van der Waals surface area (Å²) in [6.45, 7) is 1.09. The second kappa shape index (κ2) is 4.67. The quantitative estimate of drug-likeness (QED) is 0.609. The number of pyridine rings is 1. The Bertz CT molecular complexity index is 310. The minimum absolute atomic E-state index is 0.356. The van der Waals surface area contributed by atoms with Gasteiger partial charge in [-0.05, 0) is 13.0 Å². The van der Waals surface area contributed by atoms with Crippen molar-refractivity contribution in [3.63, 3.8) is 0 Å². The molecule has 1 rings (SSSR count). The monoisotopic (exact) mass is 213 g/mol. The van der Waals surface area contributed by atoms with Crippen LogP contribution in [-0.2, 0) is 10.3 Å². The average molecular weight is 213 g/mol. The molecule has 0 aliphatic rings. The Balaban J connectivity index is 2.90. The molecule has 84 valence electrons. The van der Waals surface area contributed by atoms with Crippen molar-refractivity contribution in [3.8, 4) is 0 Å². The van der Waals surface area contributed by atoms with Gasteiger partial charge in [0.25, 0.3) is 0 Å². The molecule has 0 spiro atoms. The maximum atomic E-state index is 9.70. The predicted octanol–water partition coefficient (Wildman–Crippen LogP) is -0.0813. The summed E-state index contributed by atoms with van der Waals surface area (Å²) in [6.07, 6.45) is 0.325. The largest absolute Gasteiger partial charge is 0.393 e. The minimum atomic E-state index is -1.32. The lowest BCUT2D eigenvalue weighted by atomic mass is 9.99. The number of rotatable bonds is 4. The molecule has 0 saturated heterocycles. The second-order valence-electron chi connectivity index (χ2n) is 3.49. The molecule has 0 aliphatic carbocycles. The summed E-state index contributed by atoms with van der Waals surface area (Å²) in [6, 6.07) is 3.12. The summed E-state index contributed by atoms with van der Waals surface area (Å²) in [7, 11) is 1.37. The highest BCUT2D eigenvalue weighted by molar-refractivity contribution is 5.20. The standard InChI is InChI=1S/C10H15NO4/c1-10(14,6-12)7-3-4-8(11-5-7)9(13)15-2/h3-5,9,12-14H,6H2,1-2H3. The molecule has 0 aliphatic heterocycles. The van der Waals surface area contributed by atoms with Crippen LogP contribution in [0.15, 0.2) is 18.3 Å². The van der Waals surface area contributed by atoms with Gasteiger partial charge in [0, 0.05) is 18.9 Å². The molecule has 2 unspecified atom stereocenters. The Kier molecular flexibility index (Phi) is 3.76. The third kappa shape index (κ3) is 2.73. The average Bonchev–Trinajstić information content (AvgIpc) is 2.28. The van der Waals surface area contributed by atoms with Gasteiger partial charge in [0.05, 0.1) is 12.3 Å². The summed E-state index contributed by atoms with van der Waals surface area (Å²) in [5.74, 6) is 0. The Hall–Kier alpha value is -1.01. The maximum absolute atomic E-state index is 9.70. The highest BCUT2D eigenvalue weighted by atomic mass is 16.6. The molecule has 3 N–H and O–H groups in total. The topological polar surface area (TPSA) is 82.8 Å². The third-order valence-corrected chi connectivity index (χ3v) is 2.19. The number of aromatic nitrogens is 1. The van der Waals surface area contributed by atoms with Crippen LogP contribution in [-0.4, -0.2) is 34.0 Å². The smallest absolute Gasteiger partial charge is 0.198 e. The van der Waals surface area contributed by atoms with Crippen LogP contribution in [0.2, 0.25) is 0 Å². The Morgan fingerprint density at radius 2 is 2.20 bits per heavy atom. The second-order valence-corrected chi connectivity index (χ2v) is 3.49. The van der Waals surface area contributed by atoms with Crippen LogP contribution in [0.25, 0.3) is 0 Å². The van der Waals surface area contributed by atoms with Crippen molar-refractivity contribution in [2.24, 2.45) is 0 Å². The van der Waals surface area contributed by atoms with E-state index in [2.05, 4.69) is 9.72 Å². The molecule has 0 saturated carbocycles. The Morgan fingerprint density at radius 1 is 1.53 bits per heavy atom. The zero-order valence-corrected chi connectivity index (χ0v) is 8.71. The van der Waals surface area contributed by atoms with Gasteiger partial charge in [0.1, 0.15) is 5.60 Å². The van der Waals surface area contributed by atoms with Crippen molar-refractivity contribution in [1.29, 1.82) is 0 Å². The molecule has 1 heterocycles. The van der Waals surface area contributed by atoms with Crippen molar-refractivity contribution in [2.45, 2.75) is 18.8 Å². The van der Waals surface area contributed by atoms with Crippen molar-refractivity contribution in [1.82, 2.24) is 4.98 Å². The van der Waals surface area contributed by atoms with Crippen molar-refractivity contribution >= 4 is 0 Å². The van der Waals surface area contributed by atoms with Crippen molar-refractivity contribution in [3.05, 3.63) is 29.6 Å². The molecule has 0 fully saturated rings. The van der Waals surface area contributed by atoms with Crippen LogP contribution in [0.4, 0.5) is 0 Å². The Labute approximate surface area is 88.0 Å². The summed E-state index contributed by atoms with van der Waals surface area (Å²) in [4.78, 5) is 3.92. The third-order valence-electron chi connectivity index (χ3n) is 2.19. The van der Waals surface area contributed by atoms with E-state index in [0.29, 0.717) is 11.3 Å². The van der Waals surface area contributed by atoms with E-state index in [1.807, 2.05) is 0 Å². The number of methoxy groups -OCH3 is 1. The molecule has 1 aromatic heterocycles. The fraction of sp³-hybridized carbons (Fsp3) is 0.500. The zero-order chi connectivity index (χ0) is 11.5. The van der Waals surface area contributed by atoms with Gasteiger partial charge in [-0.15, -0.1) is 0 Å². The van der Waals surface area contributed by atoms with Crippen LogP contribution in [0, 0.1) is 0 Å². The van der Waals surface area contributed by atoms with Crippen LogP contribution < -0.4 is 0 Å². The molecule has 15 heavy (non-hydrogen) atoms. The van der Waals surface area contributed by atoms with Crippen LogP contribution >= 0.6 is 0 Å². The van der Waals surface area contributed by atoms with Crippen LogP contribution in [0.3, 0.4) is 0 Å². The lowest BCUT2D eigenvalue weighted by molar-refractivity contribution is -0.0800. The lowest BCUT2D eigenvalue weighted by Crippen LogP contribution is -2.26. The lowest BCUT2D eigenvalue weighted by Gasteiger charge is -2.20. The van der Waals surface area contributed by atoms with E-state index in [1.165, 1.54) is 26.3 Å². The van der Waals surface area contributed by atoms with Gasteiger partial charge in [0.15, 0.2) is 6.29 Å². The van der Waals surface area contributed by atoms with Crippen molar-refractivity contribution in [2.75, 3.05) is 13.7 Å². The van der Waals surface area contributed by atoms with E-state index in [1.54, 1.807) is 6.07 Å². The highest BCUT2D eigenvalue weighted by Crippen LogP contribution is 2.20. The number of aliphatic hydroxyl groups is 3. The summed E-state index contributed by atoms with van der Waals surface area (Å²) < 4.78 is 4.67. The molecular formula is C10H15NO4. The first-order chi connectivity index (χ1) is 7.01. The number of hydrogen-bond acceptors (Lipinski definition) is 5. The molecule has 0 aromatic carbocycles. The van der Waals surface area contributed by atoms with Gasteiger partial charge in [-0.3, -0.25) is 4.98 Å². The van der Waals surface area contributed by atoms with Gasteiger partial charge in [-0.25, -0.2) is 0 Å². The normalized spacial score (nSPS) is 17.1. The zero-order valence-electron chi connectivity index (χ0n) is 8.71. The molecule has 5 nitrogen and oxygen atoms in total. The van der Waals surface area contributed by atoms with E-state index < -0.39 is 11.9 Å². The molecule has 2 atom stereocenters. The first-order valence-corrected chi connectivity index (χ1v) is 4.52. The van der Waals surface area contributed by atoms with Gasteiger partial charge >= 0.3 is 0 Å². The predicted molar refractivity (Wildman–Crippen MR) is 52.9 cm³/mol.